The third kappa shape index (κ3) is 8.77. The van der Waals surface area contributed by atoms with Crippen molar-refractivity contribution in [2.75, 3.05) is 0 Å². The molecule has 0 aliphatic heterocycles. The first-order valence-electron chi connectivity index (χ1n) is 7.04. The maximum absolute atomic E-state index is 11.6. The maximum atomic E-state index is 11.6. The van der Waals surface area contributed by atoms with Crippen LogP contribution < -0.4 is 56.5 Å². The molecule has 0 heterocycles. The van der Waals surface area contributed by atoms with Crippen molar-refractivity contribution in [2.45, 2.75) is 78.7 Å². The van der Waals surface area contributed by atoms with Crippen molar-refractivity contribution in [1.82, 2.24) is 0 Å². The van der Waals surface area contributed by atoms with E-state index in [-0.39, 0.29) is 56.8 Å². The van der Waals surface area contributed by atoms with Gasteiger partial charge in [0.15, 0.2) is 0 Å². The summed E-state index contributed by atoms with van der Waals surface area (Å²) in [6.07, 6.45) is 4.44. The Morgan fingerprint density at radius 1 is 1.05 bits per heavy atom. The van der Waals surface area contributed by atoms with Crippen molar-refractivity contribution >= 4 is 11.9 Å². The summed E-state index contributed by atoms with van der Waals surface area (Å²) in [7, 11) is 0. The number of carboxylic acids is 1. The summed E-state index contributed by atoms with van der Waals surface area (Å²) >= 11 is 0. The Morgan fingerprint density at radius 2 is 1.60 bits per heavy atom. The minimum Gasteiger partial charge on any atom is -0.550 e. The molecule has 5 heteroatoms. The van der Waals surface area contributed by atoms with Gasteiger partial charge in [-0.1, -0.05) is 47.0 Å². The van der Waals surface area contributed by atoms with Crippen LogP contribution >= 0.6 is 0 Å². The minimum atomic E-state index is -1.40. The number of ether oxygens (including phenoxy) is 1. The molecule has 0 aliphatic carbocycles. The third-order valence-electron chi connectivity index (χ3n) is 3.72. The van der Waals surface area contributed by atoms with Gasteiger partial charge in [-0.15, -0.1) is 0 Å². The summed E-state index contributed by atoms with van der Waals surface area (Å²) in [6.45, 7) is 10.0. The topological polar surface area (TPSA) is 66.4 Å². The van der Waals surface area contributed by atoms with Crippen molar-refractivity contribution in [2.24, 2.45) is 5.41 Å². The second-order valence-corrected chi connectivity index (χ2v) is 6.31. The molecule has 0 bridgehead atoms. The first-order chi connectivity index (χ1) is 8.62. The zero-order chi connectivity index (χ0) is 15.1. The standard InChI is InChI=1S/C15H28O4.K/c1-6-7-8-9-10-15(5,14(2,3)4)19-13(18)11-12(16)17;/h6-11H2,1-5H3,(H,16,17);/q;+1/p-1. The van der Waals surface area contributed by atoms with E-state index in [1.807, 2.05) is 27.7 Å². The summed E-state index contributed by atoms with van der Waals surface area (Å²) in [5, 5.41) is 10.4. The molecule has 20 heavy (non-hydrogen) atoms. The molecule has 0 aliphatic rings. The number of esters is 1. The first-order valence-corrected chi connectivity index (χ1v) is 7.04. The zero-order valence-corrected chi connectivity index (χ0v) is 17.0. The SMILES string of the molecule is CCCCCCC(C)(OC(=O)CC(=O)[O-])C(C)(C)C.[K+]. The first kappa shape index (κ1) is 22.9. The molecule has 0 rings (SSSR count). The number of carbonyl (C=O) groups is 2. The van der Waals surface area contributed by atoms with E-state index in [2.05, 4.69) is 6.92 Å². The second-order valence-electron chi connectivity index (χ2n) is 6.31. The molecule has 0 spiro atoms. The molecule has 0 aromatic carbocycles. The van der Waals surface area contributed by atoms with Gasteiger partial charge in [0.1, 0.15) is 5.60 Å². The Labute approximate surface area is 165 Å². The minimum absolute atomic E-state index is 0. The largest absolute Gasteiger partial charge is 1.00 e. The molecule has 4 nitrogen and oxygen atoms in total. The monoisotopic (exact) mass is 310 g/mol. The summed E-state index contributed by atoms with van der Waals surface area (Å²) < 4.78 is 5.43. The van der Waals surface area contributed by atoms with E-state index >= 15 is 0 Å². The fraction of sp³-hybridized carbons (Fsp3) is 0.867. The van der Waals surface area contributed by atoms with Gasteiger partial charge in [0.25, 0.3) is 0 Å². The van der Waals surface area contributed by atoms with Crippen molar-refractivity contribution in [1.29, 1.82) is 0 Å². The molecule has 0 saturated heterocycles. The molecule has 0 amide bonds. The zero-order valence-electron chi connectivity index (χ0n) is 13.9. The number of aliphatic carboxylic acids is 1. The van der Waals surface area contributed by atoms with Crippen LogP contribution in [0.4, 0.5) is 0 Å². The number of hydrogen-bond acceptors (Lipinski definition) is 4. The predicted molar refractivity (Wildman–Crippen MR) is 72.3 cm³/mol. The number of carbonyl (C=O) groups excluding carboxylic acids is 2. The summed E-state index contributed by atoms with van der Waals surface area (Å²) in [6, 6.07) is 0. The van der Waals surface area contributed by atoms with Crippen LogP contribution in [0.2, 0.25) is 0 Å². The molecular weight excluding hydrogens is 283 g/mol. The van der Waals surface area contributed by atoms with Crippen LogP contribution in [-0.4, -0.2) is 17.5 Å². The van der Waals surface area contributed by atoms with Gasteiger partial charge in [-0.3, -0.25) is 4.79 Å². The fourth-order valence-electron chi connectivity index (χ4n) is 1.87. The Hall–Kier alpha value is 0.576. The van der Waals surface area contributed by atoms with Crippen LogP contribution in [0.15, 0.2) is 0 Å². The van der Waals surface area contributed by atoms with Crippen LogP contribution in [0.3, 0.4) is 0 Å². The molecule has 112 valence electrons. The van der Waals surface area contributed by atoms with E-state index in [1.54, 1.807) is 0 Å². The Balaban J connectivity index is 0. The Morgan fingerprint density at radius 3 is 2.00 bits per heavy atom. The smallest absolute Gasteiger partial charge is 0.550 e. The van der Waals surface area contributed by atoms with Crippen molar-refractivity contribution in [3.63, 3.8) is 0 Å². The predicted octanol–water partition coefficient (Wildman–Crippen LogP) is -0.551. The maximum Gasteiger partial charge on any atom is 1.00 e. The Kier molecular flexibility index (Phi) is 11.8. The second kappa shape index (κ2) is 10.3. The fourth-order valence-corrected chi connectivity index (χ4v) is 1.87. The van der Waals surface area contributed by atoms with Gasteiger partial charge in [0, 0.05) is 5.41 Å². The average molecular weight is 310 g/mol. The van der Waals surface area contributed by atoms with Crippen LogP contribution in [0.1, 0.15) is 73.1 Å². The number of hydrogen-bond donors (Lipinski definition) is 0. The van der Waals surface area contributed by atoms with Gasteiger partial charge in [0.05, 0.1) is 12.4 Å². The molecule has 0 aromatic heterocycles. The van der Waals surface area contributed by atoms with E-state index < -0.39 is 24.0 Å². The molecule has 0 aromatic rings. The average Bonchev–Trinajstić information content (AvgIpc) is 2.21. The van der Waals surface area contributed by atoms with E-state index in [1.165, 1.54) is 0 Å². The van der Waals surface area contributed by atoms with Gasteiger partial charge in [-0.25, -0.2) is 0 Å². The molecule has 0 saturated carbocycles. The van der Waals surface area contributed by atoms with Crippen molar-refractivity contribution < 1.29 is 70.8 Å². The third-order valence-corrected chi connectivity index (χ3v) is 3.72. The number of unbranched alkanes of at least 4 members (excludes halogenated alkanes) is 3. The van der Waals surface area contributed by atoms with E-state index in [0.29, 0.717) is 0 Å². The van der Waals surface area contributed by atoms with E-state index in [0.717, 1.165) is 32.1 Å². The number of rotatable bonds is 8. The van der Waals surface area contributed by atoms with E-state index in [4.69, 9.17) is 4.74 Å². The molecular formula is C15H27KO4. The molecule has 1 atom stereocenters. The summed E-state index contributed by atoms with van der Waals surface area (Å²) in [5.74, 6) is -2.11. The van der Waals surface area contributed by atoms with Crippen LogP contribution in [0.5, 0.6) is 0 Å². The Bertz CT molecular complexity index is 309. The normalized spacial score (nSPS) is 14.1. The van der Waals surface area contributed by atoms with Gasteiger partial charge in [-0.2, -0.15) is 0 Å². The van der Waals surface area contributed by atoms with Crippen LogP contribution in [0.25, 0.3) is 0 Å². The van der Waals surface area contributed by atoms with Crippen molar-refractivity contribution in [3.8, 4) is 0 Å². The van der Waals surface area contributed by atoms with Gasteiger partial charge in [-0.05, 0) is 19.8 Å². The number of carboxylic acid groups (broad SMARTS) is 1. The molecule has 0 N–H and O–H groups in total. The van der Waals surface area contributed by atoms with Crippen molar-refractivity contribution in [3.05, 3.63) is 0 Å². The van der Waals surface area contributed by atoms with Gasteiger partial charge < -0.3 is 14.6 Å². The summed E-state index contributed by atoms with van der Waals surface area (Å²) in [4.78, 5) is 22.0. The van der Waals surface area contributed by atoms with Crippen LogP contribution in [-0.2, 0) is 14.3 Å². The van der Waals surface area contributed by atoms with Gasteiger partial charge in [0.2, 0.25) is 0 Å². The van der Waals surface area contributed by atoms with Crippen LogP contribution in [0, 0.1) is 5.41 Å². The molecule has 0 fully saturated rings. The summed E-state index contributed by atoms with van der Waals surface area (Å²) in [5.41, 5.74) is -0.881. The quantitative estimate of drug-likeness (QED) is 0.261. The molecule has 0 radical (unpaired) electrons. The molecule has 1 unspecified atom stereocenters. The van der Waals surface area contributed by atoms with Gasteiger partial charge >= 0.3 is 57.4 Å². The van der Waals surface area contributed by atoms with E-state index in [9.17, 15) is 14.7 Å².